The lowest BCUT2D eigenvalue weighted by atomic mass is 10.1. The number of hydrogen-bond donors (Lipinski definition) is 0. The van der Waals surface area contributed by atoms with Crippen LogP contribution in [-0.2, 0) is 9.47 Å². The van der Waals surface area contributed by atoms with Gasteiger partial charge in [-0.25, -0.2) is 0 Å². The van der Waals surface area contributed by atoms with Crippen molar-refractivity contribution in [2.24, 2.45) is 4.99 Å². The smallest absolute Gasteiger partial charge is 0.181 e. The van der Waals surface area contributed by atoms with Crippen LogP contribution in [0.5, 0.6) is 0 Å². The molecule has 1 rings (SSSR count). The summed E-state index contributed by atoms with van der Waals surface area (Å²) in [5.41, 5.74) is 0.667. The highest BCUT2D eigenvalue weighted by Gasteiger charge is 2.28. The van der Waals surface area contributed by atoms with E-state index in [9.17, 15) is 0 Å². The first-order valence-electron chi connectivity index (χ1n) is 5.26. The van der Waals surface area contributed by atoms with E-state index in [1.807, 2.05) is 50.4 Å². The third-order valence-electron chi connectivity index (χ3n) is 2.35. The summed E-state index contributed by atoms with van der Waals surface area (Å²) in [7, 11) is 3.24. The van der Waals surface area contributed by atoms with Gasteiger partial charge in [0, 0.05) is 20.4 Å². The van der Waals surface area contributed by atoms with Crippen molar-refractivity contribution in [3.63, 3.8) is 0 Å². The van der Waals surface area contributed by atoms with E-state index >= 15 is 0 Å². The van der Waals surface area contributed by atoms with E-state index in [4.69, 9.17) is 9.47 Å². The summed E-state index contributed by atoms with van der Waals surface area (Å²) in [4.78, 5) is 4.49. The van der Waals surface area contributed by atoms with Crippen LogP contribution in [0.15, 0.2) is 35.3 Å². The first-order valence-corrected chi connectivity index (χ1v) is 5.26. The van der Waals surface area contributed by atoms with E-state index in [1.54, 1.807) is 14.2 Å². The van der Waals surface area contributed by atoms with E-state index in [0.717, 1.165) is 5.56 Å². The molecule has 3 nitrogen and oxygen atoms in total. The maximum atomic E-state index is 5.22. The minimum Gasteiger partial charge on any atom is -0.353 e. The molecular formula is C13H19NO2. The molecule has 3 heteroatoms. The fourth-order valence-electron chi connectivity index (χ4n) is 1.51. The average Bonchev–Trinajstić information content (AvgIpc) is 2.29. The number of aliphatic imine (C=N–C) groups is 1. The zero-order chi connectivity index (χ0) is 12.0. The molecule has 1 aromatic rings. The largest absolute Gasteiger partial charge is 0.353 e. The molecule has 0 aromatic heterocycles. The van der Waals surface area contributed by atoms with Crippen LogP contribution in [0.4, 0.5) is 0 Å². The van der Waals surface area contributed by atoms with Gasteiger partial charge in [-0.3, -0.25) is 4.99 Å². The summed E-state index contributed by atoms with van der Waals surface area (Å²) in [6.45, 7) is 3.95. The molecule has 0 saturated heterocycles. The highest BCUT2D eigenvalue weighted by atomic mass is 16.7. The van der Waals surface area contributed by atoms with Crippen LogP contribution < -0.4 is 0 Å². The summed E-state index contributed by atoms with van der Waals surface area (Å²) >= 11 is 0. The summed E-state index contributed by atoms with van der Waals surface area (Å²) in [5.74, 6) is 0. The van der Waals surface area contributed by atoms with Crippen molar-refractivity contribution < 1.29 is 9.47 Å². The van der Waals surface area contributed by atoms with Crippen LogP contribution in [0.3, 0.4) is 0 Å². The van der Waals surface area contributed by atoms with Crippen LogP contribution in [0, 0.1) is 0 Å². The lowest BCUT2D eigenvalue weighted by molar-refractivity contribution is -0.137. The van der Waals surface area contributed by atoms with Crippen molar-refractivity contribution in [2.45, 2.75) is 25.7 Å². The molecule has 0 atom stereocenters. The number of methoxy groups -OCH3 is 2. The standard InChI is InChI=1S/C13H19NO2/c1-13(2,12(15-3)16-4)14-10-11-8-6-5-7-9-11/h5-10,12H,1-4H3. The van der Waals surface area contributed by atoms with Gasteiger partial charge in [-0.05, 0) is 19.4 Å². The maximum absolute atomic E-state index is 5.22. The first-order chi connectivity index (χ1) is 7.60. The van der Waals surface area contributed by atoms with Crippen molar-refractivity contribution in [1.29, 1.82) is 0 Å². The van der Waals surface area contributed by atoms with Crippen LogP contribution in [-0.4, -0.2) is 32.3 Å². The molecule has 0 aliphatic heterocycles. The zero-order valence-electron chi connectivity index (χ0n) is 10.3. The summed E-state index contributed by atoms with van der Waals surface area (Å²) < 4.78 is 10.4. The van der Waals surface area contributed by atoms with Gasteiger partial charge in [-0.1, -0.05) is 30.3 Å². The van der Waals surface area contributed by atoms with Gasteiger partial charge in [0.2, 0.25) is 0 Å². The lowest BCUT2D eigenvalue weighted by Gasteiger charge is -2.27. The van der Waals surface area contributed by atoms with Gasteiger partial charge >= 0.3 is 0 Å². The molecule has 0 radical (unpaired) electrons. The molecule has 0 fully saturated rings. The third-order valence-corrected chi connectivity index (χ3v) is 2.35. The molecule has 16 heavy (non-hydrogen) atoms. The molecule has 0 saturated carbocycles. The van der Waals surface area contributed by atoms with Crippen LogP contribution >= 0.6 is 0 Å². The Morgan fingerprint density at radius 3 is 2.19 bits per heavy atom. The Bertz CT molecular complexity index is 329. The molecule has 88 valence electrons. The van der Waals surface area contributed by atoms with Gasteiger partial charge in [-0.15, -0.1) is 0 Å². The van der Waals surface area contributed by atoms with E-state index in [0.29, 0.717) is 0 Å². The Morgan fingerprint density at radius 1 is 1.12 bits per heavy atom. The number of nitrogens with zero attached hydrogens (tertiary/aromatic N) is 1. The number of benzene rings is 1. The second-order valence-electron chi connectivity index (χ2n) is 4.13. The summed E-state index contributed by atoms with van der Waals surface area (Å²) in [5, 5.41) is 0. The summed E-state index contributed by atoms with van der Waals surface area (Å²) in [6.07, 6.45) is 1.50. The minimum atomic E-state index is -0.403. The first kappa shape index (κ1) is 12.9. The fourth-order valence-corrected chi connectivity index (χ4v) is 1.51. The lowest BCUT2D eigenvalue weighted by Crippen LogP contribution is -2.37. The molecule has 0 amide bonds. The predicted molar refractivity (Wildman–Crippen MR) is 65.9 cm³/mol. The van der Waals surface area contributed by atoms with E-state index in [1.165, 1.54) is 0 Å². The van der Waals surface area contributed by atoms with Crippen LogP contribution in [0.1, 0.15) is 19.4 Å². The van der Waals surface area contributed by atoms with Gasteiger partial charge in [-0.2, -0.15) is 0 Å². The Morgan fingerprint density at radius 2 is 1.69 bits per heavy atom. The highest BCUT2D eigenvalue weighted by molar-refractivity contribution is 5.79. The van der Waals surface area contributed by atoms with Gasteiger partial charge < -0.3 is 9.47 Å². The molecule has 0 spiro atoms. The number of rotatable bonds is 5. The molecule has 1 aromatic carbocycles. The van der Waals surface area contributed by atoms with Crippen LogP contribution in [0.2, 0.25) is 0 Å². The van der Waals surface area contributed by atoms with Crippen molar-refractivity contribution in [2.75, 3.05) is 14.2 Å². The van der Waals surface area contributed by atoms with Crippen molar-refractivity contribution in [1.82, 2.24) is 0 Å². The monoisotopic (exact) mass is 221 g/mol. The summed E-state index contributed by atoms with van der Waals surface area (Å²) in [6, 6.07) is 9.97. The van der Waals surface area contributed by atoms with Crippen molar-refractivity contribution in [3.05, 3.63) is 35.9 Å². The topological polar surface area (TPSA) is 30.8 Å². The molecular weight excluding hydrogens is 202 g/mol. The van der Waals surface area contributed by atoms with E-state index in [2.05, 4.69) is 4.99 Å². The van der Waals surface area contributed by atoms with Crippen molar-refractivity contribution in [3.8, 4) is 0 Å². The Hall–Kier alpha value is -1.19. The quantitative estimate of drug-likeness (QED) is 0.565. The van der Waals surface area contributed by atoms with Gasteiger partial charge in [0.05, 0.1) is 0 Å². The second kappa shape index (κ2) is 5.77. The second-order valence-corrected chi connectivity index (χ2v) is 4.13. The van der Waals surface area contributed by atoms with E-state index < -0.39 is 5.54 Å². The third kappa shape index (κ3) is 3.43. The molecule has 0 aliphatic rings. The average molecular weight is 221 g/mol. The number of hydrogen-bond acceptors (Lipinski definition) is 3. The molecule has 0 unspecified atom stereocenters. The molecule has 0 N–H and O–H groups in total. The Labute approximate surface area is 97.1 Å². The van der Waals surface area contributed by atoms with Gasteiger partial charge in [0.1, 0.15) is 5.54 Å². The normalized spacial score (nSPS) is 12.6. The van der Waals surface area contributed by atoms with Gasteiger partial charge in [0.25, 0.3) is 0 Å². The minimum absolute atomic E-state index is 0.340. The van der Waals surface area contributed by atoms with Crippen LogP contribution in [0.25, 0.3) is 0 Å². The highest BCUT2D eigenvalue weighted by Crippen LogP contribution is 2.18. The Kier molecular flexibility index (Phi) is 4.65. The molecule has 0 heterocycles. The SMILES string of the molecule is COC(OC)C(C)(C)N=Cc1ccccc1. The maximum Gasteiger partial charge on any atom is 0.181 e. The fraction of sp³-hybridized carbons (Fsp3) is 0.462. The van der Waals surface area contributed by atoms with Gasteiger partial charge in [0.15, 0.2) is 6.29 Å². The predicted octanol–water partition coefficient (Wildman–Crippen LogP) is 2.50. The zero-order valence-corrected chi connectivity index (χ0v) is 10.3. The van der Waals surface area contributed by atoms with E-state index in [-0.39, 0.29) is 6.29 Å². The molecule has 0 bridgehead atoms. The number of ether oxygens (including phenoxy) is 2. The van der Waals surface area contributed by atoms with Crippen molar-refractivity contribution >= 4 is 6.21 Å². The Balaban J connectivity index is 2.75. The molecule has 0 aliphatic carbocycles.